The first kappa shape index (κ1) is 15.3. The first-order valence-corrected chi connectivity index (χ1v) is 8.46. The fourth-order valence-electron chi connectivity index (χ4n) is 0.592. The van der Waals surface area contributed by atoms with E-state index in [-0.39, 0.29) is 4.90 Å². The van der Waals surface area contributed by atoms with E-state index in [1.54, 1.807) is 18.2 Å². The first-order valence-electron chi connectivity index (χ1n) is 3.48. The van der Waals surface area contributed by atoms with Gasteiger partial charge >= 0.3 is 32.1 Å². The van der Waals surface area contributed by atoms with Crippen molar-refractivity contribution in [2.45, 2.75) is 4.90 Å². The SMILES string of the molecule is F[As](F)(F)(F)F.O=S(=O)(O)c1ccccc1. The largest absolute Gasteiger partial charge is 0.294 e. The van der Waals surface area contributed by atoms with Gasteiger partial charge in [0.05, 0.1) is 4.90 Å². The first-order chi connectivity index (χ1) is 6.84. The molecular weight excluding hydrogens is 322 g/mol. The van der Waals surface area contributed by atoms with Gasteiger partial charge in [0.2, 0.25) is 0 Å². The predicted octanol–water partition coefficient (Wildman–Crippen LogP) is 2.65. The minimum atomic E-state index is -8.99. The van der Waals surface area contributed by atoms with E-state index in [4.69, 9.17) is 4.55 Å². The van der Waals surface area contributed by atoms with Gasteiger partial charge in [-0.25, -0.2) is 0 Å². The minimum absolute atomic E-state index is 0.0741. The predicted molar refractivity (Wildman–Crippen MR) is 47.6 cm³/mol. The van der Waals surface area contributed by atoms with Crippen molar-refractivity contribution in [2.24, 2.45) is 0 Å². The van der Waals surface area contributed by atoms with Crippen LogP contribution in [-0.4, -0.2) is 27.8 Å². The van der Waals surface area contributed by atoms with E-state index in [2.05, 4.69) is 0 Å². The van der Waals surface area contributed by atoms with Gasteiger partial charge in [-0.15, -0.1) is 0 Å². The van der Waals surface area contributed by atoms with E-state index in [0.717, 1.165) is 0 Å². The van der Waals surface area contributed by atoms with Crippen LogP contribution >= 0.6 is 0 Å². The summed E-state index contributed by atoms with van der Waals surface area (Å²) in [7, 11) is -4.00. The Kier molecular flexibility index (Phi) is 4.49. The number of hydrogen-bond acceptors (Lipinski definition) is 2. The molecule has 3 nitrogen and oxygen atoms in total. The molecule has 0 atom stereocenters. The molecule has 1 aromatic carbocycles. The molecule has 94 valence electrons. The quantitative estimate of drug-likeness (QED) is 0.490. The molecule has 1 N–H and O–H groups in total. The van der Waals surface area contributed by atoms with Crippen LogP contribution in [0, 0.1) is 0 Å². The zero-order chi connectivity index (χ0) is 13.1. The Morgan fingerprint density at radius 1 is 0.938 bits per heavy atom. The van der Waals surface area contributed by atoms with Crippen molar-refractivity contribution in [1.82, 2.24) is 0 Å². The van der Waals surface area contributed by atoms with E-state index in [1.165, 1.54) is 12.1 Å². The molecule has 0 aliphatic carbocycles. The maximum Gasteiger partial charge on any atom is 0.294 e. The minimum Gasteiger partial charge on any atom is -0.282 e. The van der Waals surface area contributed by atoms with Gasteiger partial charge in [-0.3, -0.25) is 4.55 Å². The fourth-order valence-corrected chi connectivity index (χ4v) is 1.09. The Hall–Kier alpha value is -0.662. The summed E-state index contributed by atoms with van der Waals surface area (Å²) in [6, 6.07) is 7.42. The molecule has 0 aromatic heterocycles. The maximum absolute atomic E-state index is 10.4. The van der Waals surface area contributed by atoms with Gasteiger partial charge < -0.3 is 0 Å². The van der Waals surface area contributed by atoms with Crippen molar-refractivity contribution >= 4 is 24.9 Å². The molecule has 0 aliphatic heterocycles. The summed E-state index contributed by atoms with van der Waals surface area (Å²) in [5.41, 5.74) is 0. The van der Waals surface area contributed by atoms with Gasteiger partial charge in [-0.1, -0.05) is 18.2 Å². The molecule has 0 radical (unpaired) electrons. The van der Waals surface area contributed by atoms with E-state index < -0.39 is 24.9 Å². The maximum atomic E-state index is 10.4. The molecule has 1 rings (SSSR count). The van der Waals surface area contributed by atoms with Crippen LogP contribution in [0.3, 0.4) is 0 Å². The Morgan fingerprint density at radius 3 is 1.44 bits per heavy atom. The number of benzene rings is 1. The van der Waals surface area contributed by atoms with E-state index in [9.17, 15) is 25.8 Å². The third-order valence-corrected chi connectivity index (χ3v) is 1.91. The van der Waals surface area contributed by atoms with Crippen LogP contribution in [0.2, 0.25) is 0 Å². The zero-order valence-corrected chi connectivity index (χ0v) is 10.1. The average molecular weight is 328 g/mol. The van der Waals surface area contributed by atoms with Crippen LogP contribution < -0.4 is 0 Å². The smallest absolute Gasteiger partial charge is 0.282 e. The molecule has 0 spiro atoms. The number of halogens is 5. The number of rotatable bonds is 1. The second kappa shape index (κ2) is 4.68. The normalized spacial score (nSPS) is 14.2. The summed E-state index contributed by atoms with van der Waals surface area (Å²) in [5.74, 6) is 0. The van der Waals surface area contributed by atoms with Crippen molar-refractivity contribution in [1.29, 1.82) is 0 Å². The van der Waals surface area contributed by atoms with Crippen molar-refractivity contribution in [3.05, 3.63) is 30.3 Å². The Morgan fingerprint density at radius 2 is 1.25 bits per heavy atom. The van der Waals surface area contributed by atoms with Crippen LogP contribution in [0.1, 0.15) is 0 Å². The van der Waals surface area contributed by atoms with Gasteiger partial charge in [0.1, 0.15) is 0 Å². The fraction of sp³-hybridized carbons (Fsp3) is 0. The van der Waals surface area contributed by atoms with Crippen molar-refractivity contribution < 1.29 is 30.3 Å². The van der Waals surface area contributed by atoms with Gasteiger partial charge in [-0.05, 0) is 12.1 Å². The molecular formula is C6H6AsF5O3S. The molecule has 0 amide bonds. The zero-order valence-electron chi connectivity index (χ0n) is 7.40. The third kappa shape index (κ3) is 11.4. The summed E-state index contributed by atoms with van der Waals surface area (Å²) < 4.78 is 78.7. The standard InChI is InChI=1S/C6H6O3S.AsF5/c7-10(8,9)6-4-2-1-3-5-6;2-1(3,4,5)6/h1-5H,(H,7,8,9);. The number of hydrogen-bond donors (Lipinski definition) is 1. The Balaban J connectivity index is 0.000000325. The van der Waals surface area contributed by atoms with Gasteiger partial charge in [0.15, 0.2) is 0 Å². The average Bonchev–Trinajstić information content (AvgIpc) is 1.99. The summed E-state index contributed by atoms with van der Waals surface area (Å²) in [6.45, 7) is 0. The molecule has 0 fully saturated rings. The van der Waals surface area contributed by atoms with Crippen LogP contribution in [-0.2, 0) is 10.1 Å². The van der Waals surface area contributed by atoms with Crippen molar-refractivity contribution in [3.63, 3.8) is 0 Å². The van der Waals surface area contributed by atoms with Gasteiger partial charge in [0, 0.05) is 0 Å². The molecule has 16 heavy (non-hydrogen) atoms. The van der Waals surface area contributed by atoms with E-state index >= 15 is 0 Å². The molecule has 0 aliphatic rings. The summed E-state index contributed by atoms with van der Waals surface area (Å²) >= 11 is -8.99. The Labute approximate surface area is 90.8 Å². The topological polar surface area (TPSA) is 54.4 Å². The molecule has 10 heteroatoms. The van der Waals surface area contributed by atoms with Crippen molar-refractivity contribution in [2.75, 3.05) is 0 Å². The molecule has 0 saturated heterocycles. The molecule has 0 unspecified atom stereocenters. The monoisotopic (exact) mass is 328 g/mol. The summed E-state index contributed by atoms with van der Waals surface area (Å²) in [6.07, 6.45) is 0. The molecule has 1 aromatic rings. The van der Waals surface area contributed by atoms with E-state index in [0.29, 0.717) is 0 Å². The molecule has 0 bridgehead atoms. The molecule has 0 heterocycles. The second-order valence-corrected chi connectivity index (χ2v) is 6.53. The van der Waals surface area contributed by atoms with Crippen molar-refractivity contribution in [3.8, 4) is 0 Å². The molecule has 0 saturated carbocycles. The van der Waals surface area contributed by atoms with Crippen LogP contribution in [0.25, 0.3) is 0 Å². The second-order valence-electron chi connectivity index (χ2n) is 2.43. The Bertz CT molecular complexity index is 421. The van der Waals surface area contributed by atoms with Gasteiger partial charge in [-0.2, -0.15) is 8.42 Å². The summed E-state index contributed by atoms with van der Waals surface area (Å²) in [4.78, 5) is -0.0741. The van der Waals surface area contributed by atoms with Crippen LogP contribution in [0.15, 0.2) is 35.2 Å². The van der Waals surface area contributed by atoms with Gasteiger partial charge in [0.25, 0.3) is 10.1 Å². The van der Waals surface area contributed by atoms with E-state index in [1.807, 2.05) is 0 Å². The third-order valence-electron chi connectivity index (χ3n) is 1.04. The van der Waals surface area contributed by atoms with Crippen LogP contribution in [0.4, 0.5) is 17.3 Å². The summed E-state index contributed by atoms with van der Waals surface area (Å²) in [5, 5.41) is 0. The van der Waals surface area contributed by atoms with Crippen LogP contribution in [0.5, 0.6) is 0 Å².